The Morgan fingerprint density at radius 3 is 2.57 bits per heavy atom. The summed E-state index contributed by atoms with van der Waals surface area (Å²) in [7, 11) is 1.45. The fourth-order valence-electron chi connectivity index (χ4n) is 1.66. The van der Waals surface area contributed by atoms with Gasteiger partial charge in [0.1, 0.15) is 17.4 Å². The second kappa shape index (κ2) is 6.08. The number of amides is 2. The number of rotatable bonds is 3. The van der Waals surface area contributed by atoms with E-state index in [0.29, 0.717) is 23.2 Å². The lowest BCUT2D eigenvalue weighted by molar-refractivity contribution is 0.262. The van der Waals surface area contributed by atoms with Crippen molar-refractivity contribution in [1.29, 1.82) is 0 Å². The van der Waals surface area contributed by atoms with Crippen LogP contribution in [0, 0.1) is 11.6 Å². The maximum Gasteiger partial charge on any atom is 0.323 e. The third-order valence-corrected chi connectivity index (χ3v) is 2.67. The van der Waals surface area contributed by atoms with E-state index in [4.69, 9.17) is 10.5 Å². The van der Waals surface area contributed by atoms with Gasteiger partial charge in [0.2, 0.25) is 0 Å². The van der Waals surface area contributed by atoms with Crippen LogP contribution in [-0.4, -0.2) is 13.1 Å². The van der Waals surface area contributed by atoms with Crippen molar-refractivity contribution < 1.29 is 18.3 Å². The van der Waals surface area contributed by atoms with Crippen LogP contribution in [0.3, 0.4) is 0 Å². The van der Waals surface area contributed by atoms with Crippen molar-refractivity contribution in [3.05, 3.63) is 48.0 Å². The van der Waals surface area contributed by atoms with Crippen LogP contribution in [0.5, 0.6) is 5.75 Å². The number of benzene rings is 2. The molecule has 0 saturated heterocycles. The number of carbonyl (C=O) groups excluding carboxylic acids is 1. The van der Waals surface area contributed by atoms with Crippen molar-refractivity contribution in [2.45, 2.75) is 0 Å². The largest absolute Gasteiger partial charge is 0.495 e. The molecule has 0 aliphatic heterocycles. The first-order valence-corrected chi connectivity index (χ1v) is 5.96. The molecule has 2 rings (SSSR count). The van der Waals surface area contributed by atoms with Gasteiger partial charge in [0.25, 0.3) is 0 Å². The van der Waals surface area contributed by atoms with Gasteiger partial charge in [-0.15, -0.1) is 0 Å². The highest BCUT2D eigenvalue weighted by molar-refractivity contribution is 6.00. The molecule has 0 fully saturated rings. The maximum absolute atomic E-state index is 13.4. The first-order chi connectivity index (χ1) is 9.99. The predicted molar refractivity (Wildman–Crippen MR) is 76.4 cm³/mol. The quantitative estimate of drug-likeness (QED) is 0.761. The van der Waals surface area contributed by atoms with Gasteiger partial charge in [0.15, 0.2) is 0 Å². The highest BCUT2D eigenvalue weighted by Gasteiger charge is 2.09. The summed E-state index contributed by atoms with van der Waals surface area (Å²) < 4.78 is 31.2. The molecule has 4 N–H and O–H groups in total. The molecule has 2 aromatic rings. The minimum atomic E-state index is -0.861. The summed E-state index contributed by atoms with van der Waals surface area (Å²) in [6, 6.07) is 6.84. The molecule has 0 radical (unpaired) electrons. The Morgan fingerprint density at radius 2 is 1.90 bits per heavy atom. The summed E-state index contributed by atoms with van der Waals surface area (Å²) in [5, 5.41) is 4.76. The zero-order valence-electron chi connectivity index (χ0n) is 11.1. The molecular weight excluding hydrogens is 280 g/mol. The minimum absolute atomic E-state index is 0.128. The molecule has 21 heavy (non-hydrogen) atoms. The Hall–Kier alpha value is -2.83. The van der Waals surface area contributed by atoms with Crippen LogP contribution < -0.4 is 21.1 Å². The lowest BCUT2D eigenvalue weighted by Crippen LogP contribution is -2.20. The fraction of sp³-hybridized carbons (Fsp3) is 0.0714. The molecule has 0 aliphatic rings. The predicted octanol–water partition coefficient (Wildman–Crippen LogP) is 3.20. The van der Waals surface area contributed by atoms with Crippen LogP contribution >= 0.6 is 0 Å². The summed E-state index contributed by atoms with van der Waals surface area (Å²) in [6.45, 7) is 0. The van der Waals surface area contributed by atoms with Crippen molar-refractivity contribution in [2.24, 2.45) is 0 Å². The minimum Gasteiger partial charge on any atom is -0.495 e. The van der Waals surface area contributed by atoms with Gasteiger partial charge in [-0.05, 0) is 24.3 Å². The smallest absolute Gasteiger partial charge is 0.323 e. The highest BCUT2D eigenvalue weighted by Crippen LogP contribution is 2.25. The van der Waals surface area contributed by atoms with E-state index in [2.05, 4.69) is 10.6 Å². The summed E-state index contributed by atoms with van der Waals surface area (Å²) in [5.41, 5.74) is 6.36. The number of anilines is 3. The van der Waals surface area contributed by atoms with Gasteiger partial charge < -0.3 is 21.1 Å². The van der Waals surface area contributed by atoms with Crippen LogP contribution in [0.15, 0.2) is 36.4 Å². The topological polar surface area (TPSA) is 76.4 Å². The van der Waals surface area contributed by atoms with E-state index >= 15 is 0 Å². The molecule has 0 aliphatic carbocycles. The standard InChI is InChI=1S/C14H13F2N3O2/c1-21-13-7-9(3-4-11(13)17)18-14(20)19-12-5-2-8(15)6-10(12)16/h2-7H,17H2,1H3,(H2,18,19,20). The molecule has 7 heteroatoms. The summed E-state index contributed by atoms with van der Waals surface area (Å²) in [6.07, 6.45) is 0. The Morgan fingerprint density at radius 1 is 1.14 bits per heavy atom. The van der Waals surface area contributed by atoms with E-state index < -0.39 is 17.7 Å². The van der Waals surface area contributed by atoms with E-state index in [1.54, 1.807) is 12.1 Å². The van der Waals surface area contributed by atoms with Gasteiger partial charge in [-0.3, -0.25) is 0 Å². The Bertz CT molecular complexity index is 677. The fourth-order valence-corrected chi connectivity index (χ4v) is 1.66. The average molecular weight is 293 g/mol. The van der Waals surface area contributed by atoms with Gasteiger partial charge in [0, 0.05) is 17.8 Å². The Kier molecular flexibility index (Phi) is 4.22. The normalized spacial score (nSPS) is 10.0. The van der Waals surface area contributed by atoms with Gasteiger partial charge in [0.05, 0.1) is 18.5 Å². The van der Waals surface area contributed by atoms with Crippen molar-refractivity contribution in [3.8, 4) is 5.75 Å². The first-order valence-electron chi connectivity index (χ1n) is 5.96. The molecule has 0 heterocycles. The third-order valence-electron chi connectivity index (χ3n) is 2.67. The van der Waals surface area contributed by atoms with E-state index in [0.717, 1.165) is 12.1 Å². The second-order valence-electron chi connectivity index (χ2n) is 4.16. The van der Waals surface area contributed by atoms with Crippen LogP contribution in [0.25, 0.3) is 0 Å². The molecule has 0 aromatic heterocycles. The van der Waals surface area contributed by atoms with E-state index in [1.807, 2.05) is 0 Å². The van der Waals surface area contributed by atoms with E-state index in [1.165, 1.54) is 13.2 Å². The van der Waals surface area contributed by atoms with Gasteiger partial charge in [-0.25, -0.2) is 13.6 Å². The van der Waals surface area contributed by atoms with Crippen LogP contribution in [0.1, 0.15) is 0 Å². The van der Waals surface area contributed by atoms with Crippen molar-refractivity contribution in [3.63, 3.8) is 0 Å². The van der Waals surface area contributed by atoms with Crippen molar-refractivity contribution in [2.75, 3.05) is 23.5 Å². The van der Waals surface area contributed by atoms with Gasteiger partial charge in [-0.1, -0.05) is 0 Å². The zero-order chi connectivity index (χ0) is 15.4. The van der Waals surface area contributed by atoms with E-state index in [9.17, 15) is 13.6 Å². The first kappa shape index (κ1) is 14.6. The number of nitrogens with two attached hydrogens (primary N) is 1. The molecule has 0 saturated carbocycles. The number of hydrogen-bond acceptors (Lipinski definition) is 3. The van der Waals surface area contributed by atoms with Gasteiger partial charge in [-0.2, -0.15) is 0 Å². The second-order valence-corrected chi connectivity index (χ2v) is 4.16. The molecule has 0 bridgehead atoms. The lowest BCUT2D eigenvalue weighted by atomic mass is 10.2. The van der Waals surface area contributed by atoms with Crippen molar-refractivity contribution in [1.82, 2.24) is 0 Å². The molecular formula is C14H13F2N3O2. The number of methoxy groups -OCH3 is 1. The third kappa shape index (κ3) is 3.59. The lowest BCUT2D eigenvalue weighted by Gasteiger charge is -2.10. The summed E-state index contributed by atoms with van der Waals surface area (Å²) in [5.74, 6) is -1.18. The Labute approximate surface area is 119 Å². The number of ether oxygens (including phenoxy) is 1. The van der Waals surface area contributed by atoms with Gasteiger partial charge >= 0.3 is 6.03 Å². The van der Waals surface area contributed by atoms with Crippen LogP contribution in [-0.2, 0) is 0 Å². The van der Waals surface area contributed by atoms with E-state index in [-0.39, 0.29) is 5.69 Å². The number of urea groups is 1. The molecule has 5 nitrogen and oxygen atoms in total. The zero-order valence-corrected chi connectivity index (χ0v) is 11.1. The average Bonchev–Trinajstić information content (AvgIpc) is 2.44. The summed E-state index contributed by atoms with van der Waals surface area (Å²) in [4.78, 5) is 11.7. The number of hydrogen-bond donors (Lipinski definition) is 3. The highest BCUT2D eigenvalue weighted by atomic mass is 19.1. The number of nitrogens with one attached hydrogen (secondary N) is 2. The maximum atomic E-state index is 13.4. The van der Waals surface area contributed by atoms with Crippen LogP contribution in [0.4, 0.5) is 30.6 Å². The molecule has 0 atom stereocenters. The monoisotopic (exact) mass is 293 g/mol. The Balaban J connectivity index is 2.08. The number of nitrogen functional groups attached to an aromatic ring is 1. The molecule has 0 unspecified atom stereocenters. The van der Waals surface area contributed by atoms with Crippen LogP contribution in [0.2, 0.25) is 0 Å². The van der Waals surface area contributed by atoms with Crippen molar-refractivity contribution >= 4 is 23.1 Å². The molecule has 110 valence electrons. The molecule has 2 amide bonds. The molecule has 0 spiro atoms. The molecule has 2 aromatic carbocycles. The summed E-state index contributed by atoms with van der Waals surface area (Å²) >= 11 is 0. The number of carbonyl (C=O) groups is 1. The SMILES string of the molecule is COc1cc(NC(=O)Nc2ccc(F)cc2F)ccc1N. The number of halogens is 2.